The second-order valence-corrected chi connectivity index (χ2v) is 7.62. The largest absolute Gasteiger partial charge is 0.477 e. The summed E-state index contributed by atoms with van der Waals surface area (Å²) < 4.78 is 1.81. The van der Waals surface area contributed by atoms with Crippen LogP contribution in [0, 0.1) is 5.41 Å². The van der Waals surface area contributed by atoms with Crippen molar-refractivity contribution in [2.24, 2.45) is 5.41 Å². The molecule has 1 N–H and O–H groups in total. The molecule has 0 spiro atoms. The number of aldehydes is 1. The number of aromatic nitrogens is 1. The SMILES string of the molecule is CCC1(n2cccc2C(=O)O)C=C(C=O)SC1C(C)(C)C. The van der Waals surface area contributed by atoms with Crippen LogP contribution in [0.1, 0.15) is 44.6 Å². The molecule has 1 aromatic heterocycles. The predicted octanol–water partition coefficient (Wildman–Crippen LogP) is 3.54. The number of carbonyl (C=O) groups is 2. The highest BCUT2D eigenvalue weighted by Crippen LogP contribution is 2.52. The zero-order valence-corrected chi connectivity index (χ0v) is 13.6. The second kappa shape index (κ2) is 5.37. The van der Waals surface area contributed by atoms with E-state index in [4.69, 9.17) is 0 Å². The van der Waals surface area contributed by atoms with E-state index >= 15 is 0 Å². The van der Waals surface area contributed by atoms with E-state index in [9.17, 15) is 14.7 Å². The Hall–Kier alpha value is -1.49. The van der Waals surface area contributed by atoms with Gasteiger partial charge < -0.3 is 9.67 Å². The van der Waals surface area contributed by atoms with Gasteiger partial charge in [-0.2, -0.15) is 0 Å². The lowest BCUT2D eigenvalue weighted by atomic mass is 9.77. The molecule has 0 aromatic carbocycles. The predicted molar refractivity (Wildman–Crippen MR) is 84.6 cm³/mol. The summed E-state index contributed by atoms with van der Waals surface area (Å²) in [5.41, 5.74) is -0.298. The molecule has 0 bridgehead atoms. The van der Waals surface area contributed by atoms with Gasteiger partial charge in [0.2, 0.25) is 0 Å². The number of carbonyl (C=O) groups excluding carboxylic acids is 1. The van der Waals surface area contributed by atoms with Crippen molar-refractivity contribution in [1.82, 2.24) is 4.57 Å². The van der Waals surface area contributed by atoms with Crippen molar-refractivity contribution in [3.05, 3.63) is 35.0 Å². The Morgan fingerprint density at radius 1 is 1.52 bits per heavy atom. The maximum Gasteiger partial charge on any atom is 0.352 e. The van der Waals surface area contributed by atoms with Gasteiger partial charge in [-0.1, -0.05) is 27.7 Å². The number of nitrogens with zero attached hydrogens (tertiary/aromatic N) is 1. The van der Waals surface area contributed by atoms with Crippen LogP contribution in [0.5, 0.6) is 0 Å². The van der Waals surface area contributed by atoms with E-state index in [0.717, 1.165) is 12.7 Å². The Morgan fingerprint density at radius 2 is 2.19 bits per heavy atom. The third-order valence-electron chi connectivity index (χ3n) is 3.99. The van der Waals surface area contributed by atoms with Crippen LogP contribution in [-0.4, -0.2) is 27.2 Å². The molecule has 0 amide bonds. The van der Waals surface area contributed by atoms with Gasteiger partial charge in [0.1, 0.15) is 5.69 Å². The zero-order chi connectivity index (χ0) is 15.8. The molecule has 1 aliphatic rings. The van der Waals surface area contributed by atoms with Crippen LogP contribution in [0.15, 0.2) is 29.3 Å². The van der Waals surface area contributed by atoms with Gasteiger partial charge in [0.05, 0.1) is 5.54 Å². The first-order chi connectivity index (χ1) is 9.76. The van der Waals surface area contributed by atoms with Gasteiger partial charge in [-0.25, -0.2) is 4.79 Å². The number of carboxylic acid groups (broad SMARTS) is 1. The molecule has 0 aliphatic carbocycles. The Labute approximate surface area is 129 Å². The molecule has 0 fully saturated rings. The first-order valence-electron chi connectivity index (χ1n) is 7.02. The van der Waals surface area contributed by atoms with Crippen molar-refractivity contribution in [3.63, 3.8) is 0 Å². The lowest BCUT2D eigenvalue weighted by Gasteiger charge is -2.42. The summed E-state index contributed by atoms with van der Waals surface area (Å²) in [6, 6.07) is 3.36. The Balaban J connectivity index is 2.66. The molecule has 0 saturated heterocycles. The number of carboxylic acids is 1. The minimum atomic E-state index is -0.946. The molecule has 2 unspecified atom stereocenters. The van der Waals surface area contributed by atoms with Gasteiger partial charge in [0.25, 0.3) is 0 Å². The topological polar surface area (TPSA) is 59.3 Å². The van der Waals surface area contributed by atoms with Crippen LogP contribution in [0.4, 0.5) is 0 Å². The summed E-state index contributed by atoms with van der Waals surface area (Å²) in [7, 11) is 0. The van der Waals surface area contributed by atoms with Crippen LogP contribution < -0.4 is 0 Å². The van der Waals surface area contributed by atoms with Gasteiger partial charge >= 0.3 is 5.97 Å². The highest BCUT2D eigenvalue weighted by Gasteiger charge is 2.49. The van der Waals surface area contributed by atoms with Gasteiger partial charge in [0, 0.05) is 16.4 Å². The fourth-order valence-electron chi connectivity index (χ4n) is 3.15. The number of allylic oxidation sites excluding steroid dienone is 2. The number of hydrogen-bond donors (Lipinski definition) is 1. The fourth-order valence-corrected chi connectivity index (χ4v) is 4.66. The summed E-state index contributed by atoms with van der Waals surface area (Å²) in [4.78, 5) is 23.4. The molecule has 4 nitrogen and oxygen atoms in total. The molecule has 5 heteroatoms. The molecular weight excluding hydrogens is 286 g/mol. The van der Waals surface area contributed by atoms with E-state index in [-0.39, 0.29) is 16.4 Å². The van der Waals surface area contributed by atoms with Crippen LogP contribution in [0.25, 0.3) is 0 Å². The van der Waals surface area contributed by atoms with Gasteiger partial charge in [0.15, 0.2) is 6.29 Å². The monoisotopic (exact) mass is 307 g/mol. The average Bonchev–Trinajstić information content (AvgIpc) is 3.02. The maximum atomic E-state index is 11.5. The molecule has 2 rings (SSSR count). The normalized spacial score (nSPS) is 25.7. The Bertz CT molecular complexity index is 597. The van der Waals surface area contributed by atoms with Crippen LogP contribution in [0.3, 0.4) is 0 Å². The summed E-state index contributed by atoms with van der Waals surface area (Å²) in [5, 5.41) is 9.52. The average molecular weight is 307 g/mol. The minimum absolute atomic E-state index is 0.0675. The number of rotatable bonds is 4. The molecule has 21 heavy (non-hydrogen) atoms. The number of hydrogen-bond acceptors (Lipinski definition) is 3. The Kier molecular flexibility index (Phi) is 4.06. The lowest BCUT2D eigenvalue weighted by Crippen LogP contribution is -2.46. The standard InChI is InChI=1S/C16H21NO3S/c1-5-16(17-8-6-7-12(17)13(19)20)9-11(10-18)21-14(16)15(2,3)4/h6-10,14H,5H2,1-4H3,(H,19,20). The van der Waals surface area contributed by atoms with E-state index in [1.54, 1.807) is 30.1 Å². The van der Waals surface area contributed by atoms with Crippen molar-refractivity contribution < 1.29 is 14.7 Å². The molecule has 2 heterocycles. The minimum Gasteiger partial charge on any atom is -0.477 e. The molecule has 114 valence electrons. The zero-order valence-electron chi connectivity index (χ0n) is 12.8. The van der Waals surface area contributed by atoms with Gasteiger partial charge in [-0.15, -0.1) is 11.8 Å². The summed E-state index contributed by atoms with van der Waals surface area (Å²) in [6.07, 6.45) is 5.34. The first kappa shape index (κ1) is 15.9. The van der Waals surface area contributed by atoms with Crippen LogP contribution in [0.2, 0.25) is 0 Å². The van der Waals surface area contributed by atoms with E-state index < -0.39 is 11.5 Å². The lowest BCUT2D eigenvalue weighted by molar-refractivity contribution is -0.104. The molecule has 0 radical (unpaired) electrons. The van der Waals surface area contributed by atoms with E-state index in [1.165, 1.54) is 0 Å². The van der Waals surface area contributed by atoms with E-state index in [2.05, 4.69) is 20.8 Å². The molecule has 1 aliphatic heterocycles. The van der Waals surface area contributed by atoms with Gasteiger partial charge in [-0.3, -0.25) is 4.79 Å². The molecular formula is C16H21NO3S. The summed E-state index contributed by atoms with van der Waals surface area (Å²) in [5.74, 6) is -0.946. The molecule has 1 aromatic rings. The number of thioether (sulfide) groups is 1. The van der Waals surface area contributed by atoms with Crippen molar-refractivity contribution in [3.8, 4) is 0 Å². The quantitative estimate of drug-likeness (QED) is 0.864. The third kappa shape index (κ3) is 2.55. The third-order valence-corrected chi connectivity index (χ3v) is 5.82. The van der Waals surface area contributed by atoms with Crippen molar-refractivity contribution >= 4 is 24.0 Å². The smallest absolute Gasteiger partial charge is 0.352 e. The van der Waals surface area contributed by atoms with Crippen LogP contribution in [-0.2, 0) is 10.3 Å². The van der Waals surface area contributed by atoms with E-state index in [1.807, 2.05) is 17.6 Å². The van der Waals surface area contributed by atoms with Crippen LogP contribution >= 0.6 is 11.8 Å². The summed E-state index contributed by atoms with van der Waals surface area (Å²) >= 11 is 1.55. The second-order valence-electron chi connectivity index (χ2n) is 6.44. The maximum absolute atomic E-state index is 11.5. The van der Waals surface area contributed by atoms with Gasteiger partial charge in [-0.05, 0) is 30.0 Å². The highest BCUT2D eigenvalue weighted by molar-refractivity contribution is 8.04. The fraction of sp³-hybridized carbons (Fsp3) is 0.500. The summed E-state index contributed by atoms with van der Waals surface area (Å²) in [6.45, 7) is 8.41. The molecule has 2 atom stereocenters. The van der Waals surface area contributed by atoms with Crippen molar-refractivity contribution in [2.75, 3.05) is 0 Å². The molecule has 0 saturated carbocycles. The van der Waals surface area contributed by atoms with Crippen molar-refractivity contribution in [2.45, 2.75) is 44.9 Å². The first-order valence-corrected chi connectivity index (χ1v) is 7.90. The number of aromatic carboxylic acids is 1. The van der Waals surface area contributed by atoms with E-state index in [0.29, 0.717) is 4.91 Å². The van der Waals surface area contributed by atoms with Crippen molar-refractivity contribution in [1.29, 1.82) is 0 Å². The highest BCUT2D eigenvalue weighted by atomic mass is 32.2. The Morgan fingerprint density at radius 3 is 2.67 bits per heavy atom.